The Balaban J connectivity index is 2.57. The van der Waals surface area contributed by atoms with Crippen molar-refractivity contribution in [3.8, 4) is 0 Å². The molecule has 2 rings (SSSR count). The summed E-state index contributed by atoms with van der Waals surface area (Å²) in [4.78, 5) is 11.9. The lowest BCUT2D eigenvalue weighted by Crippen LogP contribution is -2.45. The molecule has 0 aromatic rings. The molecule has 5 heteroatoms. The van der Waals surface area contributed by atoms with Crippen molar-refractivity contribution in [2.45, 2.75) is 38.9 Å². The van der Waals surface area contributed by atoms with E-state index in [-0.39, 0.29) is 17.1 Å². The average Bonchev–Trinajstić information content (AvgIpc) is 2.33. The standard InChI is InChI=1S/C10H16O4S/c1-9(2)6-4-7(11)10(9,3)8(5-6)15(12,13)14/h6,8H,4-5H2,1-3H3,(H,12,13,14). The van der Waals surface area contributed by atoms with E-state index in [1.165, 1.54) is 0 Å². The third-order valence-electron chi connectivity index (χ3n) is 4.87. The molecule has 0 radical (unpaired) electrons. The average molecular weight is 232 g/mol. The fourth-order valence-corrected chi connectivity index (χ4v) is 4.87. The van der Waals surface area contributed by atoms with Crippen LogP contribution in [-0.2, 0) is 14.9 Å². The number of hydrogen-bond acceptors (Lipinski definition) is 3. The number of ketones is 1. The van der Waals surface area contributed by atoms with Gasteiger partial charge in [0.2, 0.25) is 0 Å². The van der Waals surface area contributed by atoms with Crippen molar-refractivity contribution in [3.63, 3.8) is 0 Å². The molecule has 0 amide bonds. The normalized spacial score (nSPS) is 43.6. The minimum absolute atomic E-state index is 0.0219. The maximum Gasteiger partial charge on any atom is 0.268 e. The van der Waals surface area contributed by atoms with Crippen molar-refractivity contribution in [3.05, 3.63) is 0 Å². The molecule has 2 fully saturated rings. The SMILES string of the molecule is CC1(C)C2CC(=O)C1(C)C(S(=O)(=O)O)C2. The lowest BCUT2D eigenvalue weighted by Gasteiger charge is -2.35. The molecule has 3 atom stereocenters. The minimum atomic E-state index is -4.12. The number of Topliss-reactive ketones (excluding diaryl/α,β-unsaturated/α-hetero) is 1. The molecule has 2 bridgehead atoms. The molecule has 2 saturated carbocycles. The molecule has 1 N–H and O–H groups in total. The summed E-state index contributed by atoms with van der Waals surface area (Å²) < 4.78 is 31.7. The summed E-state index contributed by atoms with van der Waals surface area (Å²) in [5.41, 5.74) is -1.24. The summed E-state index contributed by atoms with van der Waals surface area (Å²) in [5, 5.41) is -0.911. The van der Waals surface area contributed by atoms with Crippen LogP contribution in [0.3, 0.4) is 0 Å². The van der Waals surface area contributed by atoms with Gasteiger partial charge >= 0.3 is 0 Å². The van der Waals surface area contributed by atoms with Crippen LogP contribution >= 0.6 is 0 Å². The van der Waals surface area contributed by atoms with Gasteiger partial charge in [-0.3, -0.25) is 9.35 Å². The smallest absolute Gasteiger partial charge is 0.268 e. The Bertz CT molecular complexity index is 423. The molecular weight excluding hydrogens is 216 g/mol. The van der Waals surface area contributed by atoms with Crippen molar-refractivity contribution < 1.29 is 17.8 Å². The Morgan fingerprint density at radius 3 is 2.13 bits per heavy atom. The number of carbonyl (C=O) groups is 1. The summed E-state index contributed by atoms with van der Waals surface area (Å²) in [6, 6.07) is 0. The van der Waals surface area contributed by atoms with Crippen LogP contribution in [0.5, 0.6) is 0 Å². The summed E-state index contributed by atoms with van der Waals surface area (Å²) in [6.07, 6.45) is 0.865. The summed E-state index contributed by atoms with van der Waals surface area (Å²) >= 11 is 0. The van der Waals surface area contributed by atoms with Crippen molar-refractivity contribution in [2.24, 2.45) is 16.7 Å². The minimum Gasteiger partial charge on any atom is -0.299 e. The lowest BCUT2D eigenvalue weighted by atomic mass is 9.70. The molecule has 0 spiro atoms. The topological polar surface area (TPSA) is 71.4 Å². The second-order valence-corrected chi connectivity index (χ2v) is 7.09. The second-order valence-electron chi connectivity index (χ2n) is 5.49. The van der Waals surface area contributed by atoms with E-state index in [1.807, 2.05) is 13.8 Å². The van der Waals surface area contributed by atoms with Crippen LogP contribution < -0.4 is 0 Å². The zero-order chi connectivity index (χ0) is 11.6. The predicted molar refractivity (Wildman–Crippen MR) is 55.0 cm³/mol. The van der Waals surface area contributed by atoms with Crippen molar-refractivity contribution in [2.75, 3.05) is 0 Å². The van der Waals surface area contributed by atoms with E-state index >= 15 is 0 Å². The highest BCUT2D eigenvalue weighted by molar-refractivity contribution is 7.86. The first kappa shape index (κ1) is 11.1. The quantitative estimate of drug-likeness (QED) is 0.691. The summed E-state index contributed by atoms with van der Waals surface area (Å²) in [7, 11) is -4.12. The molecule has 0 saturated heterocycles. The van der Waals surface area contributed by atoms with Crippen LogP contribution in [-0.4, -0.2) is 24.0 Å². The zero-order valence-electron chi connectivity index (χ0n) is 9.15. The molecule has 0 aromatic heterocycles. The van der Waals surface area contributed by atoms with E-state index in [1.54, 1.807) is 6.92 Å². The van der Waals surface area contributed by atoms with Crippen LogP contribution in [0.1, 0.15) is 33.6 Å². The van der Waals surface area contributed by atoms with E-state index in [0.29, 0.717) is 12.8 Å². The first-order valence-electron chi connectivity index (χ1n) is 5.11. The van der Waals surface area contributed by atoms with Gasteiger partial charge in [0.05, 0.1) is 10.7 Å². The molecule has 3 unspecified atom stereocenters. The van der Waals surface area contributed by atoms with E-state index in [9.17, 15) is 17.8 Å². The van der Waals surface area contributed by atoms with Gasteiger partial charge in [0.15, 0.2) is 0 Å². The van der Waals surface area contributed by atoms with Crippen LogP contribution in [0.15, 0.2) is 0 Å². The lowest BCUT2D eigenvalue weighted by molar-refractivity contribution is -0.128. The zero-order valence-corrected chi connectivity index (χ0v) is 9.97. The third kappa shape index (κ3) is 1.11. The Kier molecular flexibility index (Phi) is 1.94. The Hall–Kier alpha value is -0.420. The molecule has 4 nitrogen and oxygen atoms in total. The van der Waals surface area contributed by atoms with Gasteiger partial charge in [-0.05, 0) is 17.8 Å². The number of hydrogen-bond donors (Lipinski definition) is 1. The maximum absolute atomic E-state index is 11.9. The van der Waals surface area contributed by atoms with E-state index in [2.05, 4.69) is 0 Å². The van der Waals surface area contributed by atoms with Gasteiger partial charge in [0.1, 0.15) is 5.78 Å². The van der Waals surface area contributed by atoms with Crippen LogP contribution in [0.4, 0.5) is 0 Å². The van der Waals surface area contributed by atoms with Gasteiger partial charge < -0.3 is 0 Å². The monoisotopic (exact) mass is 232 g/mol. The number of fused-ring (bicyclic) bond motifs is 2. The molecule has 15 heavy (non-hydrogen) atoms. The number of rotatable bonds is 1. The van der Waals surface area contributed by atoms with Gasteiger partial charge in [-0.15, -0.1) is 0 Å². The maximum atomic E-state index is 11.9. The predicted octanol–water partition coefficient (Wildman–Crippen LogP) is 1.27. The van der Waals surface area contributed by atoms with Crippen LogP contribution in [0.25, 0.3) is 0 Å². The van der Waals surface area contributed by atoms with Gasteiger partial charge in [-0.25, -0.2) is 0 Å². The first-order valence-corrected chi connectivity index (χ1v) is 6.61. The van der Waals surface area contributed by atoms with Crippen molar-refractivity contribution >= 4 is 15.9 Å². The highest BCUT2D eigenvalue weighted by Gasteiger charge is 2.69. The molecule has 0 aliphatic heterocycles. The summed E-state index contributed by atoms with van der Waals surface area (Å²) in [6.45, 7) is 5.53. The molecule has 86 valence electrons. The molecule has 2 aliphatic rings. The van der Waals surface area contributed by atoms with Crippen molar-refractivity contribution in [1.29, 1.82) is 0 Å². The van der Waals surface area contributed by atoms with E-state index in [0.717, 1.165) is 0 Å². The summed E-state index contributed by atoms with van der Waals surface area (Å²) in [5.74, 6) is 0.0632. The Labute approximate surface area is 89.8 Å². The molecule has 0 aromatic carbocycles. The number of carbonyl (C=O) groups excluding carboxylic acids is 1. The van der Waals surface area contributed by atoms with E-state index in [4.69, 9.17) is 0 Å². The van der Waals surface area contributed by atoms with Gasteiger partial charge in [0.25, 0.3) is 10.1 Å². The largest absolute Gasteiger partial charge is 0.299 e. The highest BCUT2D eigenvalue weighted by Crippen LogP contribution is 2.65. The fraction of sp³-hybridized carbons (Fsp3) is 0.900. The van der Waals surface area contributed by atoms with Crippen molar-refractivity contribution in [1.82, 2.24) is 0 Å². The highest BCUT2D eigenvalue weighted by atomic mass is 32.2. The van der Waals surface area contributed by atoms with E-state index < -0.39 is 20.8 Å². The second kappa shape index (κ2) is 2.63. The van der Waals surface area contributed by atoms with Gasteiger partial charge in [0, 0.05) is 6.42 Å². The molecule has 0 heterocycles. The molecule has 2 aliphatic carbocycles. The Morgan fingerprint density at radius 2 is 1.87 bits per heavy atom. The molecular formula is C10H16O4S. The fourth-order valence-electron chi connectivity index (χ4n) is 3.36. The van der Waals surface area contributed by atoms with Gasteiger partial charge in [-0.2, -0.15) is 8.42 Å². The van der Waals surface area contributed by atoms with Crippen LogP contribution in [0.2, 0.25) is 0 Å². The first-order chi connectivity index (χ1) is 6.62. The Morgan fingerprint density at radius 1 is 1.33 bits per heavy atom. The van der Waals surface area contributed by atoms with Crippen LogP contribution in [0, 0.1) is 16.7 Å². The van der Waals surface area contributed by atoms with Gasteiger partial charge in [-0.1, -0.05) is 20.8 Å². The third-order valence-corrected chi connectivity index (χ3v) is 6.26.